The van der Waals surface area contributed by atoms with Gasteiger partial charge in [-0.3, -0.25) is 0 Å². The number of methoxy groups -OCH3 is 1. The molecule has 1 aromatic rings. The van der Waals surface area contributed by atoms with Gasteiger partial charge in [-0.2, -0.15) is 0 Å². The summed E-state index contributed by atoms with van der Waals surface area (Å²) in [7, 11) is 1.45. The summed E-state index contributed by atoms with van der Waals surface area (Å²) >= 11 is 0. The van der Waals surface area contributed by atoms with E-state index >= 15 is 0 Å². The third-order valence-corrected chi connectivity index (χ3v) is 3.97. The average molecular weight is 295 g/mol. The summed E-state index contributed by atoms with van der Waals surface area (Å²) < 4.78 is 18.6. The van der Waals surface area contributed by atoms with E-state index in [4.69, 9.17) is 10.5 Å². The number of nitrogens with two attached hydrogens (primary N) is 1. The van der Waals surface area contributed by atoms with Crippen molar-refractivity contribution in [1.29, 1.82) is 0 Å². The molecule has 0 spiro atoms. The second-order valence-corrected chi connectivity index (χ2v) is 5.38. The van der Waals surface area contributed by atoms with Crippen molar-refractivity contribution < 1.29 is 13.9 Å². The smallest absolute Gasteiger partial charge is 0.314 e. The molecule has 0 aliphatic carbocycles. The van der Waals surface area contributed by atoms with Crippen molar-refractivity contribution in [1.82, 2.24) is 10.2 Å². The quantitative estimate of drug-likeness (QED) is 0.893. The lowest BCUT2D eigenvalue weighted by Gasteiger charge is -2.33. The van der Waals surface area contributed by atoms with Crippen LogP contribution in [0, 0.1) is 5.82 Å². The van der Waals surface area contributed by atoms with Crippen molar-refractivity contribution >= 4 is 6.03 Å². The summed E-state index contributed by atoms with van der Waals surface area (Å²) in [5.74, 6) is -0.104. The first-order valence-corrected chi connectivity index (χ1v) is 7.15. The van der Waals surface area contributed by atoms with Gasteiger partial charge < -0.3 is 20.7 Å². The minimum atomic E-state index is -0.362. The minimum Gasteiger partial charge on any atom is -0.494 e. The molecule has 1 aromatic carbocycles. The Hall–Kier alpha value is -1.82. The Morgan fingerprint density at radius 3 is 2.67 bits per heavy atom. The summed E-state index contributed by atoms with van der Waals surface area (Å²) in [6.07, 6.45) is 1.71. The number of nitrogens with zero attached hydrogens (tertiary/aromatic N) is 1. The highest BCUT2D eigenvalue weighted by Gasteiger charge is 2.22. The van der Waals surface area contributed by atoms with Crippen molar-refractivity contribution in [3.63, 3.8) is 0 Å². The Kier molecular flexibility index (Phi) is 5.01. The number of amides is 2. The van der Waals surface area contributed by atoms with Crippen molar-refractivity contribution in [3.05, 3.63) is 29.6 Å². The molecular formula is C15H22FN3O2. The van der Waals surface area contributed by atoms with E-state index in [2.05, 4.69) is 5.32 Å². The molecule has 116 valence electrons. The Morgan fingerprint density at radius 2 is 2.14 bits per heavy atom. The summed E-state index contributed by atoms with van der Waals surface area (Å²) in [5, 5.41) is 3.47. The first kappa shape index (κ1) is 15.6. The zero-order valence-corrected chi connectivity index (χ0v) is 12.4. The highest BCUT2D eigenvalue weighted by molar-refractivity contribution is 5.72. The van der Waals surface area contributed by atoms with Crippen LogP contribution in [-0.2, 0) is 0 Å². The number of carbonyl (C=O) groups excluding carboxylic acids is 1. The highest BCUT2D eigenvalue weighted by atomic mass is 19.1. The molecule has 1 unspecified atom stereocenters. The summed E-state index contributed by atoms with van der Waals surface area (Å²) in [6, 6.07) is 4.97. The largest absolute Gasteiger partial charge is 0.494 e. The molecule has 0 aromatic heterocycles. The number of piperidine rings is 1. The van der Waals surface area contributed by atoms with Crippen LogP contribution in [0.2, 0.25) is 0 Å². The van der Waals surface area contributed by atoms with Crippen LogP contribution >= 0.6 is 0 Å². The standard InChI is InChI=1S/C15H22FN3O2/c1-10(11-3-4-14(21-2)13(16)9-11)18-12-5-7-19(8-6-12)15(17)20/h3-4,9-10,12,18H,5-8H2,1-2H3,(H2,17,20). The normalized spacial score (nSPS) is 17.6. The van der Waals surface area contributed by atoms with Crippen LogP contribution in [-0.4, -0.2) is 37.2 Å². The number of halogens is 1. The van der Waals surface area contributed by atoms with E-state index in [1.165, 1.54) is 13.2 Å². The number of benzene rings is 1. The van der Waals surface area contributed by atoms with E-state index in [0.717, 1.165) is 18.4 Å². The SMILES string of the molecule is COc1ccc(C(C)NC2CCN(C(N)=O)CC2)cc1F. The molecule has 1 saturated heterocycles. The number of carbonyl (C=O) groups is 1. The van der Waals surface area contributed by atoms with E-state index in [0.29, 0.717) is 19.1 Å². The van der Waals surface area contributed by atoms with Gasteiger partial charge in [-0.25, -0.2) is 9.18 Å². The molecule has 5 nitrogen and oxygen atoms in total. The van der Waals surface area contributed by atoms with Gasteiger partial charge in [0, 0.05) is 25.2 Å². The maximum atomic E-state index is 13.7. The maximum Gasteiger partial charge on any atom is 0.314 e. The molecule has 0 radical (unpaired) electrons. The van der Waals surface area contributed by atoms with Gasteiger partial charge >= 0.3 is 6.03 Å². The van der Waals surface area contributed by atoms with Gasteiger partial charge in [0.2, 0.25) is 0 Å². The first-order chi connectivity index (χ1) is 10.0. The third-order valence-electron chi connectivity index (χ3n) is 3.97. The average Bonchev–Trinajstić information content (AvgIpc) is 2.47. The third kappa shape index (κ3) is 3.85. The van der Waals surface area contributed by atoms with E-state index in [1.54, 1.807) is 11.0 Å². The zero-order chi connectivity index (χ0) is 15.4. The van der Waals surface area contributed by atoms with Crippen molar-refractivity contribution in [2.24, 2.45) is 5.73 Å². The monoisotopic (exact) mass is 295 g/mol. The molecule has 1 fully saturated rings. The molecule has 2 amide bonds. The van der Waals surface area contributed by atoms with Crippen LogP contribution in [0.25, 0.3) is 0 Å². The lowest BCUT2D eigenvalue weighted by atomic mass is 10.0. The van der Waals surface area contributed by atoms with E-state index in [1.807, 2.05) is 13.0 Å². The zero-order valence-electron chi connectivity index (χ0n) is 12.4. The lowest BCUT2D eigenvalue weighted by molar-refractivity contribution is 0.183. The fourth-order valence-electron chi connectivity index (χ4n) is 2.67. The molecule has 1 aliphatic heterocycles. The highest BCUT2D eigenvalue weighted by Crippen LogP contribution is 2.23. The number of nitrogens with one attached hydrogen (secondary N) is 1. The van der Waals surface area contributed by atoms with Crippen LogP contribution in [0.3, 0.4) is 0 Å². The number of primary amides is 1. The number of rotatable bonds is 4. The topological polar surface area (TPSA) is 67.6 Å². The van der Waals surface area contributed by atoms with Crippen LogP contribution in [0.5, 0.6) is 5.75 Å². The van der Waals surface area contributed by atoms with Crippen LogP contribution < -0.4 is 15.8 Å². The number of likely N-dealkylation sites (tertiary alicyclic amines) is 1. The van der Waals surface area contributed by atoms with Gasteiger partial charge in [0.15, 0.2) is 11.6 Å². The van der Waals surface area contributed by atoms with E-state index < -0.39 is 0 Å². The van der Waals surface area contributed by atoms with Crippen LogP contribution in [0.1, 0.15) is 31.4 Å². The fraction of sp³-hybridized carbons (Fsp3) is 0.533. The molecule has 1 heterocycles. The fourth-order valence-corrected chi connectivity index (χ4v) is 2.67. The molecule has 3 N–H and O–H groups in total. The van der Waals surface area contributed by atoms with Gasteiger partial charge in [-0.1, -0.05) is 6.07 Å². The van der Waals surface area contributed by atoms with Crippen molar-refractivity contribution in [2.45, 2.75) is 31.8 Å². The molecule has 0 bridgehead atoms. The van der Waals surface area contributed by atoms with Crippen molar-refractivity contribution in [3.8, 4) is 5.75 Å². The molecule has 2 rings (SSSR count). The first-order valence-electron chi connectivity index (χ1n) is 7.15. The maximum absolute atomic E-state index is 13.7. The van der Waals surface area contributed by atoms with Gasteiger partial charge in [0.1, 0.15) is 0 Å². The van der Waals surface area contributed by atoms with E-state index in [9.17, 15) is 9.18 Å². The molecule has 21 heavy (non-hydrogen) atoms. The predicted molar refractivity (Wildman–Crippen MR) is 78.7 cm³/mol. The second kappa shape index (κ2) is 6.76. The predicted octanol–water partition coefficient (Wildman–Crippen LogP) is 2.03. The molecule has 0 saturated carbocycles. The Labute approximate surface area is 124 Å². The molecule has 1 aliphatic rings. The van der Waals surface area contributed by atoms with Crippen LogP contribution in [0.15, 0.2) is 18.2 Å². The molecule has 1 atom stereocenters. The Morgan fingerprint density at radius 1 is 1.48 bits per heavy atom. The van der Waals surface area contributed by atoms with Crippen LogP contribution in [0.4, 0.5) is 9.18 Å². The second-order valence-electron chi connectivity index (χ2n) is 5.38. The molecular weight excluding hydrogens is 273 g/mol. The number of ether oxygens (including phenoxy) is 1. The summed E-state index contributed by atoms with van der Waals surface area (Å²) in [6.45, 7) is 3.33. The Bertz CT molecular complexity index is 502. The minimum absolute atomic E-state index is 0.0375. The summed E-state index contributed by atoms with van der Waals surface area (Å²) in [5.41, 5.74) is 6.14. The Balaban J connectivity index is 1.91. The summed E-state index contributed by atoms with van der Waals surface area (Å²) in [4.78, 5) is 12.7. The number of urea groups is 1. The van der Waals surface area contributed by atoms with Crippen molar-refractivity contribution in [2.75, 3.05) is 20.2 Å². The lowest BCUT2D eigenvalue weighted by Crippen LogP contribution is -2.47. The number of hydrogen-bond acceptors (Lipinski definition) is 3. The molecule has 6 heteroatoms. The van der Waals surface area contributed by atoms with Gasteiger partial charge in [-0.05, 0) is 37.5 Å². The van der Waals surface area contributed by atoms with Gasteiger partial charge in [0.25, 0.3) is 0 Å². The number of hydrogen-bond donors (Lipinski definition) is 2. The van der Waals surface area contributed by atoms with E-state index in [-0.39, 0.29) is 23.6 Å². The van der Waals surface area contributed by atoms with Gasteiger partial charge in [-0.15, -0.1) is 0 Å². The van der Waals surface area contributed by atoms with Gasteiger partial charge in [0.05, 0.1) is 7.11 Å².